The van der Waals surface area contributed by atoms with Gasteiger partial charge in [0.25, 0.3) is 0 Å². The van der Waals surface area contributed by atoms with Crippen LogP contribution in [0.15, 0.2) is 18.2 Å². The molecule has 1 aromatic carbocycles. The third-order valence-electron chi connectivity index (χ3n) is 2.22. The van der Waals surface area contributed by atoms with Gasteiger partial charge < -0.3 is 14.2 Å². The molecule has 0 aliphatic heterocycles. The van der Waals surface area contributed by atoms with Crippen LogP contribution in [0.1, 0.15) is 31.1 Å². The lowest BCUT2D eigenvalue weighted by Gasteiger charge is -2.19. The summed E-state index contributed by atoms with van der Waals surface area (Å²) in [5, 5.41) is 0. The number of rotatable bonds is 6. The van der Waals surface area contributed by atoms with Crippen molar-refractivity contribution in [3.05, 3.63) is 23.8 Å². The van der Waals surface area contributed by atoms with E-state index in [1.165, 1.54) is 0 Å². The molecule has 18 heavy (non-hydrogen) atoms. The minimum absolute atomic E-state index is 0.189. The van der Waals surface area contributed by atoms with Gasteiger partial charge in [-0.1, -0.05) is 0 Å². The molecule has 0 radical (unpaired) electrons. The molecule has 0 amide bonds. The first-order valence-corrected chi connectivity index (χ1v) is 5.86. The van der Waals surface area contributed by atoms with Crippen molar-refractivity contribution in [1.82, 2.24) is 0 Å². The quantitative estimate of drug-likeness (QED) is 0.577. The highest BCUT2D eigenvalue weighted by Gasteiger charge is 2.10. The molecule has 4 nitrogen and oxygen atoms in total. The Morgan fingerprint density at radius 3 is 2.50 bits per heavy atom. The number of hydrogen-bond acceptors (Lipinski definition) is 4. The van der Waals surface area contributed by atoms with E-state index in [1.54, 1.807) is 25.3 Å². The second-order valence-electron chi connectivity index (χ2n) is 4.83. The SMILES string of the molecule is COc1ccc(C=O)c(OCCOC(C)(C)C)c1. The third-order valence-corrected chi connectivity index (χ3v) is 2.22. The molecule has 0 aromatic heterocycles. The summed E-state index contributed by atoms with van der Waals surface area (Å²) in [5.41, 5.74) is 0.317. The van der Waals surface area contributed by atoms with Crippen molar-refractivity contribution in [2.24, 2.45) is 0 Å². The molecule has 0 saturated carbocycles. The van der Waals surface area contributed by atoms with Crippen LogP contribution >= 0.6 is 0 Å². The fourth-order valence-electron chi connectivity index (χ4n) is 1.36. The van der Waals surface area contributed by atoms with Crippen LogP contribution in [0.2, 0.25) is 0 Å². The molecular formula is C14H20O4. The maximum atomic E-state index is 10.9. The average Bonchev–Trinajstić information content (AvgIpc) is 2.33. The Hall–Kier alpha value is -1.55. The lowest BCUT2D eigenvalue weighted by atomic mass is 10.2. The summed E-state index contributed by atoms with van der Waals surface area (Å²) in [7, 11) is 1.57. The highest BCUT2D eigenvalue weighted by Crippen LogP contribution is 2.23. The molecule has 100 valence electrons. The standard InChI is InChI=1S/C14H20O4/c1-14(2,3)18-8-7-17-13-9-12(16-4)6-5-11(13)10-15/h5-6,9-10H,7-8H2,1-4H3. The van der Waals surface area contributed by atoms with E-state index in [0.29, 0.717) is 30.3 Å². The molecule has 4 heteroatoms. The minimum atomic E-state index is -0.189. The summed E-state index contributed by atoms with van der Waals surface area (Å²) in [6, 6.07) is 5.09. The normalized spacial score (nSPS) is 11.1. The summed E-state index contributed by atoms with van der Waals surface area (Å²) in [6.07, 6.45) is 0.763. The van der Waals surface area contributed by atoms with Crippen molar-refractivity contribution in [1.29, 1.82) is 0 Å². The van der Waals surface area contributed by atoms with Crippen molar-refractivity contribution in [3.63, 3.8) is 0 Å². The zero-order valence-corrected chi connectivity index (χ0v) is 11.4. The zero-order chi connectivity index (χ0) is 13.6. The minimum Gasteiger partial charge on any atom is -0.497 e. The molecule has 0 saturated heterocycles. The van der Waals surface area contributed by atoms with E-state index in [0.717, 1.165) is 6.29 Å². The van der Waals surface area contributed by atoms with Crippen LogP contribution in [0.3, 0.4) is 0 Å². The zero-order valence-electron chi connectivity index (χ0n) is 11.4. The first-order chi connectivity index (χ1) is 8.46. The summed E-state index contributed by atoms with van der Waals surface area (Å²) >= 11 is 0. The maximum absolute atomic E-state index is 10.9. The number of ether oxygens (including phenoxy) is 3. The number of hydrogen-bond donors (Lipinski definition) is 0. The van der Waals surface area contributed by atoms with Gasteiger partial charge in [0, 0.05) is 6.07 Å². The van der Waals surface area contributed by atoms with E-state index in [9.17, 15) is 4.79 Å². The predicted molar refractivity (Wildman–Crippen MR) is 69.6 cm³/mol. The van der Waals surface area contributed by atoms with Crippen LogP contribution in [-0.4, -0.2) is 32.2 Å². The van der Waals surface area contributed by atoms with Gasteiger partial charge in [-0.3, -0.25) is 4.79 Å². The Bertz CT molecular complexity index is 393. The Balaban J connectivity index is 2.57. The smallest absolute Gasteiger partial charge is 0.153 e. The second-order valence-corrected chi connectivity index (χ2v) is 4.83. The first kappa shape index (κ1) is 14.5. The van der Waals surface area contributed by atoms with E-state index in [4.69, 9.17) is 14.2 Å². The Kier molecular flexibility index (Phi) is 5.16. The van der Waals surface area contributed by atoms with E-state index in [2.05, 4.69) is 0 Å². The molecule has 0 aliphatic carbocycles. The molecule has 0 aliphatic rings. The number of benzene rings is 1. The first-order valence-electron chi connectivity index (χ1n) is 5.86. The topological polar surface area (TPSA) is 44.8 Å². The highest BCUT2D eigenvalue weighted by atomic mass is 16.5. The van der Waals surface area contributed by atoms with Crippen molar-refractivity contribution in [2.45, 2.75) is 26.4 Å². The second kappa shape index (κ2) is 6.40. The van der Waals surface area contributed by atoms with Gasteiger partial charge in [0.2, 0.25) is 0 Å². The fraction of sp³-hybridized carbons (Fsp3) is 0.500. The monoisotopic (exact) mass is 252 g/mol. The van der Waals surface area contributed by atoms with Gasteiger partial charge in [-0.2, -0.15) is 0 Å². The van der Waals surface area contributed by atoms with E-state index in [-0.39, 0.29) is 5.60 Å². The van der Waals surface area contributed by atoms with E-state index >= 15 is 0 Å². The molecule has 0 unspecified atom stereocenters. The van der Waals surface area contributed by atoms with Gasteiger partial charge in [0.15, 0.2) is 6.29 Å². The summed E-state index contributed by atoms with van der Waals surface area (Å²) in [5.74, 6) is 1.18. The summed E-state index contributed by atoms with van der Waals surface area (Å²) in [6.45, 7) is 6.81. The van der Waals surface area contributed by atoms with E-state index in [1.807, 2.05) is 20.8 Å². The number of carbonyl (C=O) groups excluding carboxylic acids is 1. The molecule has 0 bridgehead atoms. The van der Waals surface area contributed by atoms with Crippen molar-refractivity contribution in [3.8, 4) is 11.5 Å². The number of methoxy groups -OCH3 is 1. The molecule has 1 aromatic rings. The fourth-order valence-corrected chi connectivity index (χ4v) is 1.36. The van der Waals surface area contributed by atoms with Crippen LogP contribution in [0.25, 0.3) is 0 Å². The number of aldehydes is 1. The van der Waals surface area contributed by atoms with Crippen LogP contribution in [0.5, 0.6) is 11.5 Å². The number of carbonyl (C=O) groups is 1. The Labute approximate surface area is 108 Å². The van der Waals surface area contributed by atoms with Crippen molar-refractivity contribution in [2.75, 3.05) is 20.3 Å². The molecule has 0 spiro atoms. The third kappa shape index (κ3) is 4.75. The molecule has 1 rings (SSSR count). The Morgan fingerprint density at radius 2 is 1.94 bits per heavy atom. The van der Waals surface area contributed by atoms with Crippen LogP contribution in [0.4, 0.5) is 0 Å². The molecule has 0 atom stereocenters. The van der Waals surface area contributed by atoms with E-state index < -0.39 is 0 Å². The van der Waals surface area contributed by atoms with Crippen LogP contribution in [0, 0.1) is 0 Å². The van der Waals surface area contributed by atoms with Gasteiger partial charge in [-0.05, 0) is 32.9 Å². The van der Waals surface area contributed by atoms with Crippen LogP contribution < -0.4 is 9.47 Å². The van der Waals surface area contributed by atoms with Gasteiger partial charge in [-0.25, -0.2) is 0 Å². The largest absolute Gasteiger partial charge is 0.497 e. The van der Waals surface area contributed by atoms with Gasteiger partial charge in [0.1, 0.15) is 18.1 Å². The molecule has 0 fully saturated rings. The Morgan fingerprint density at radius 1 is 1.22 bits per heavy atom. The summed E-state index contributed by atoms with van der Waals surface area (Å²) < 4.78 is 16.2. The van der Waals surface area contributed by atoms with Gasteiger partial charge in [-0.15, -0.1) is 0 Å². The van der Waals surface area contributed by atoms with Gasteiger partial charge in [0.05, 0.1) is 24.9 Å². The van der Waals surface area contributed by atoms with Gasteiger partial charge >= 0.3 is 0 Å². The highest BCUT2D eigenvalue weighted by molar-refractivity contribution is 5.79. The molecule has 0 heterocycles. The van der Waals surface area contributed by atoms with Crippen molar-refractivity contribution >= 4 is 6.29 Å². The lowest BCUT2D eigenvalue weighted by molar-refractivity contribution is -0.0163. The van der Waals surface area contributed by atoms with Crippen molar-refractivity contribution < 1.29 is 19.0 Å². The maximum Gasteiger partial charge on any atom is 0.153 e. The average molecular weight is 252 g/mol. The molecule has 0 N–H and O–H groups in total. The molecular weight excluding hydrogens is 232 g/mol. The summed E-state index contributed by atoms with van der Waals surface area (Å²) in [4.78, 5) is 10.9. The lowest BCUT2D eigenvalue weighted by Crippen LogP contribution is -2.22. The van der Waals surface area contributed by atoms with Crippen LogP contribution in [-0.2, 0) is 4.74 Å². The predicted octanol–water partition coefficient (Wildman–Crippen LogP) is 2.70.